The predicted octanol–water partition coefficient (Wildman–Crippen LogP) is -1.10. The number of carboxylic acid groups (broad SMARTS) is 1. The Hall–Kier alpha value is -2.99. The van der Waals surface area contributed by atoms with Crippen LogP contribution in [0, 0.1) is 11.8 Å². The minimum atomic E-state index is -1.35. The largest absolute Gasteiger partial charge is 0.480 e. The summed E-state index contributed by atoms with van der Waals surface area (Å²) in [5.41, 5.74) is 6.33. The monoisotopic (exact) mass is 468 g/mol. The molecule has 0 radical (unpaired) electrons. The van der Waals surface area contributed by atoms with Crippen LogP contribution >= 0.6 is 0 Å². The molecule has 0 saturated heterocycles. The van der Waals surface area contributed by atoms with Crippen LogP contribution in [-0.4, -0.2) is 74.1 Å². The maximum Gasteiger partial charge on any atom is 0.326 e. The number of carbonyl (C=O) groups excluding carboxylic acids is 3. The molecule has 0 aromatic carbocycles. The SMILES string of the molecule is CCC(C)C(NC(=O)C(NC(=O)C(N)C(C)C)C(C)O)C(=O)NC(Cc1cnc[nH]1)C(=O)O. The highest BCUT2D eigenvalue weighted by Gasteiger charge is 2.34. The van der Waals surface area contributed by atoms with Gasteiger partial charge >= 0.3 is 5.97 Å². The average Bonchev–Trinajstić information content (AvgIpc) is 3.26. The molecule has 0 aliphatic carbocycles. The van der Waals surface area contributed by atoms with Gasteiger partial charge in [-0.15, -0.1) is 0 Å². The van der Waals surface area contributed by atoms with Crippen molar-refractivity contribution in [3.63, 3.8) is 0 Å². The predicted molar refractivity (Wildman–Crippen MR) is 120 cm³/mol. The van der Waals surface area contributed by atoms with Crippen molar-refractivity contribution in [1.82, 2.24) is 25.9 Å². The van der Waals surface area contributed by atoms with Gasteiger partial charge in [-0.2, -0.15) is 0 Å². The number of H-pyrrole nitrogens is 1. The molecule has 0 spiro atoms. The van der Waals surface area contributed by atoms with E-state index < -0.39 is 54.0 Å². The van der Waals surface area contributed by atoms with E-state index in [9.17, 15) is 29.4 Å². The second kappa shape index (κ2) is 12.9. The van der Waals surface area contributed by atoms with Gasteiger partial charge in [-0.1, -0.05) is 34.1 Å². The molecule has 0 aliphatic heterocycles. The van der Waals surface area contributed by atoms with Crippen LogP contribution < -0.4 is 21.7 Å². The lowest BCUT2D eigenvalue weighted by Gasteiger charge is -2.29. The first kappa shape index (κ1) is 28.0. The number of aliphatic hydroxyl groups is 1. The van der Waals surface area contributed by atoms with Gasteiger partial charge in [0.05, 0.1) is 18.5 Å². The molecule has 6 unspecified atom stereocenters. The fourth-order valence-corrected chi connectivity index (χ4v) is 2.98. The number of aromatic amines is 1. The summed E-state index contributed by atoms with van der Waals surface area (Å²) in [6, 6.07) is -4.57. The lowest BCUT2D eigenvalue weighted by molar-refractivity contribution is -0.142. The molecule has 1 aromatic rings. The summed E-state index contributed by atoms with van der Waals surface area (Å²) in [4.78, 5) is 56.4. The van der Waals surface area contributed by atoms with Gasteiger partial charge in [0.2, 0.25) is 17.7 Å². The minimum Gasteiger partial charge on any atom is -0.480 e. The summed E-state index contributed by atoms with van der Waals surface area (Å²) in [5.74, 6) is -3.89. The number of nitrogens with two attached hydrogens (primary N) is 1. The number of hydrogen-bond acceptors (Lipinski definition) is 7. The molecule has 33 heavy (non-hydrogen) atoms. The van der Waals surface area contributed by atoms with Gasteiger partial charge in [-0.3, -0.25) is 14.4 Å². The molecule has 1 heterocycles. The number of nitrogens with one attached hydrogen (secondary N) is 4. The fourth-order valence-electron chi connectivity index (χ4n) is 2.98. The minimum absolute atomic E-state index is 0.0261. The van der Waals surface area contributed by atoms with E-state index in [1.807, 2.05) is 6.92 Å². The molecule has 0 saturated carbocycles. The van der Waals surface area contributed by atoms with Gasteiger partial charge in [0, 0.05) is 18.3 Å². The Bertz CT molecular complexity index is 797. The second-order valence-corrected chi connectivity index (χ2v) is 8.55. The standard InChI is InChI=1S/C21H36N6O6/c1-6-11(4)16(19(30)25-14(21(32)33)7-13-8-23-9-24-13)26-20(31)17(12(5)28)27-18(29)15(22)10(2)3/h8-12,14-17,28H,6-7,22H2,1-5H3,(H,23,24)(H,25,30)(H,26,31)(H,27,29)(H,32,33). The zero-order valence-corrected chi connectivity index (χ0v) is 19.7. The van der Waals surface area contributed by atoms with E-state index in [0.29, 0.717) is 12.1 Å². The van der Waals surface area contributed by atoms with Gasteiger partial charge in [-0.25, -0.2) is 9.78 Å². The van der Waals surface area contributed by atoms with Crippen LogP contribution in [0.1, 0.15) is 46.7 Å². The lowest BCUT2D eigenvalue weighted by atomic mass is 9.96. The number of amides is 3. The van der Waals surface area contributed by atoms with Crippen molar-refractivity contribution >= 4 is 23.7 Å². The van der Waals surface area contributed by atoms with Crippen LogP contribution in [0.15, 0.2) is 12.5 Å². The first-order valence-corrected chi connectivity index (χ1v) is 10.9. The van der Waals surface area contributed by atoms with Crippen LogP contribution in [0.2, 0.25) is 0 Å². The van der Waals surface area contributed by atoms with Crippen molar-refractivity contribution in [2.24, 2.45) is 17.6 Å². The topological polar surface area (TPSA) is 200 Å². The smallest absolute Gasteiger partial charge is 0.326 e. The van der Waals surface area contributed by atoms with Crippen molar-refractivity contribution in [3.05, 3.63) is 18.2 Å². The van der Waals surface area contributed by atoms with E-state index in [1.54, 1.807) is 20.8 Å². The van der Waals surface area contributed by atoms with Crippen LogP contribution in [0.3, 0.4) is 0 Å². The Labute approximate surface area is 193 Å². The van der Waals surface area contributed by atoms with Crippen molar-refractivity contribution in [2.75, 3.05) is 0 Å². The highest BCUT2D eigenvalue weighted by molar-refractivity contribution is 5.94. The highest BCUT2D eigenvalue weighted by Crippen LogP contribution is 2.11. The van der Waals surface area contributed by atoms with Crippen LogP contribution in [0.25, 0.3) is 0 Å². The quantitative estimate of drug-likeness (QED) is 0.189. The first-order chi connectivity index (χ1) is 15.4. The second-order valence-electron chi connectivity index (χ2n) is 8.55. The Morgan fingerprint density at radius 1 is 1.03 bits per heavy atom. The molecule has 0 aliphatic rings. The number of rotatable bonds is 13. The summed E-state index contributed by atoms with van der Waals surface area (Å²) in [7, 11) is 0. The summed E-state index contributed by atoms with van der Waals surface area (Å²) >= 11 is 0. The number of hydrogen-bond donors (Lipinski definition) is 7. The van der Waals surface area contributed by atoms with Crippen LogP contribution in [0.4, 0.5) is 0 Å². The summed E-state index contributed by atoms with van der Waals surface area (Å²) in [6.45, 7) is 8.35. The zero-order valence-electron chi connectivity index (χ0n) is 19.7. The molecule has 12 nitrogen and oxygen atoms in total. The van der Waals surface area contributed by atoms with Gasteiger partial charge in [0.25, 0.3) is 0 Å². The zero-order chi connectivity index (χ0) is 25.3. The molecular formula is C21H36N6O6. The molecule has 0 bridgehead atoms. The van der Waals surface area contributed by atoms with Gasteiger partial charge in [0.1, 0.15) is 18.1 Å². The molecule has 186 valence electrons. The summed E-state index contributed by atoms with van der Waals surface area (Å²) in [6.07, 6.45) is 2.06. The molecular weight excluding hydrogens is 432 g/mol. The third-order valence-electron chi connectivity index (χ3n) is 5.47. The fraction of sp³-hybridized carbons (Fsp3) is 0.667. The maximum atomic E-state index is 12.9. The van der Waals surface area contributed by atoms with E-state index in [2.05, 4.69) is 25.9 Å². The number of carbonyl (C=O) groups is 4. The van der Waals surface area contributed by atoms with E-state index in [1.165, 1.54) is 19.4 Å². The Kier molecular flexibility index (Phi) is 11.0. The van der Waals surface area contributed by atoms with E-state index in [-0.39, 0.29) is 18.3 Å². The molecule has 8 N–H and O–H groups in total. The molecule has 12 heteroatoms. The van der Waals surface area contributed by atoms with Gasteiger partial charge in [-0.05, 0) is 18.8 Å². The molecule has 3 amide bonds. The van der Waals surface area contributed by atoms with E-state index in [0.717, 1.165) is 0 Å². The number of imidazole rings is 1. The van der Waals surface area contributed by atoms with Crippen molar-refractivity contribution in [3.8, 4) is 0 Å². The van der Waals surface area contributed by atoms with E-state index >= 15 is 0 Å². The number of aromatic nitrogens is 2. The van der Waals surface area contributed by atoms with Crippen LogP contribution in [0.5, 0.6) is 0 Å². The lowest BCUT2D eigenvalue weighted by Crippen LogP contribution is -2.61. The van der Waals surface area contributed by atoms with Crippen molar-refractivity contribution in [1.29, 1.82) is 0 Å². The molecule has 1 rings (SSSR count). The number of nitrogens with zero attached hydrogens (tertiary/aromatic N) is 1. The normalized spacial score (nSPS) is 16.7. The molecule has 6 atom stereocenters. The number of aliphatic hydroxyl groups excluding tert-OH is 1. The Balaban J connectivity index is 2.98. The van der Waals surface area contributed by atoms with Gasteiger partial charge < -0.3 is 36.9 Å². The van der Waals surface area contributed by atoms with E-state index in [4.69, 9.17) is 5.73 Å². The molecule has 0 fully saturated rings. The summed E-state index contributed by atoms with van der Waals surface area (Å²) in [5, 5.41) is 27.0. The Morgan fingerprint density at radius 3 is 2.06 bits per heavy atom. The summed E-state index contributed by atoms with van der Waals surface area (Å²) < 4.78 is 0. The Morgan fingerprint density at radius 2 is 1.61 bits per heavy atom. The average molecular weight is 469 g/mol. The first-order valence-electron chi connectivity index (χ1n) is 10.9. The van der Waals surface area contributed by atoms with Crippen molar-refractivity contribution < 1.29 is 29.4 Å². The van der Waals surface area contributed by atoms with Gasteiger partial charge in [0.15, 0.2) is 0 Å². The third-order valence-corrected chi connectivity index (χ3v) is 5.47. The highest BCUT2D eigenvalue weighted by atomic mass is 16.4. The van der Waals surface area contributed by atoms with Crippen molar-refractivity contribution in [2.45, 2.75) is 77.7 Å². The number of aliphatic carboxylic acids is 1. The van der Waals surface area contributed by atoms with Crippen LogP contribution in [-0.2, 0) is 25.6 Å². The number of carboxylic acids is 1. The third kappa shape index (κ3) is 8.46. The maximum absolute atomic E-state index is 12.9. The molecule has 1 aromatic heterocycles.